The van der Waals surface area contributed by atoms with E-state index in [0.717, 1.165) is 22.2 Å². The number of aromatic nitrogens is 4. The normalized spacial score (nSPS) is 10.5. The van der Waals surface area contributed by atoms with E-state index >= 15 is 0 Å². The minimum atomic E-state index is -0.298. The lowest BCUT2D eigenvalue weighted by atomic mass is 10.1. The lowest BCUT2D eigenvalue weighted by Crippen LogP contribution is -2.21. The number of hydrogen-bond acceptors (Lipinski definition) is 6. The van der Waals surface area contributed by atoms with Gasteiger partial charge in [0.2, 0.25) is 5.95 Å². The van der Waals surface area contributed by atoms with Gasteiger partial charge in [-0.25, -0.2) is 9.97 Å². The first kappa shape index (κ1) is 25.4. The summed E-state index contributed by atoms with van der Waals surface area (Å²) in [6, 6.07) is 8.92. The van der Waals surface area contributed by atoms with Crippen LogP contribution in [0.4, 0.5) is 11.6 Å². The Labute approximate surface area is 205 Å². The SMILES string of the molecule is CC.CNC(=O)c1cc(Nc2nccc(-c3cn(C(C)C)c4cnccc34)n2)cc(C(=O)NC)c1. The van der Waals surface area contributed by atoms with Crippen molar-refractivity contribution >= 4 is 34.4 Å². The number of anilines is 2. The van der Waals surface area contributed by atoms with E-state index in [9.17, 15) is 9.59 Å². The van der Waals surface area contributed by atoms with Crippen LogP contribution in [0.25, 0.3) is 22.2 Å². The van der Waals surface area contributed by atoms with Gasteiger partial charge < -0.3 is 20.5 Å². The van der Waals surface area contributed by atoms with Gasteiger partial charge in [0.25, 0.3) is 11.8 Å². The molecular formula is C26H31N7O2. The van der Waals surface area contributed by atoms with Crippen molar-refractivity contribution in [2.75, 3.05) is 19.4 Å². The molecule has 0 saturated heterocycles. The summed E-state index contributed by atoms with van der Waals surface area (Å²) in [5.41, 5.74) is 3.98. The van der Waals surface area contributed by atoms with E-state index in [0.29, 0.717) is 22.8 Å². The predicted molar refractivity (Wildman–Crippen MR) is 139 cm³/mol. The molecule has 0 aliphatic carbocycles. The molecule has 3 N–H and O–H groups in total. The number of benzene rings is 1. The van der Waals surface area contributed by atoms with Gasteiger partial charge in [0.05, 0.1) is 17.4 Å². The van der Waals surface area contributed by atoms with Gasteiger partial charge in [-0.3, -0.25) is 14.6 Å². The Hall–Kier alpha value is -4.27. The molecule has 0 bridgehead atoms. The Morgan fingerprint density at radius 3 is 2.20 bits per heavy atom. The van der Waals surface area contributed by atoms with Crippen LogP contribution >= 0.6 is 0 Å². The Morgan fingerprint density at radius 2 is 1.60 bits per heavy atom. The number of amides is 2. The summed E-state index contributed by atoms with van der Waals surface area (Å²) < 4.78 is 2.16. The van der Waals surface area contributed by atoms with Crippen molar-refractivity contribution in [2.24, 2.45) is 0 Å². The second-order valence-corrected chi connectivity index (χ2v) is 7.78. The van der Waals surface area contributed by atoms with E-state index in [1.807, 2.05) is 32.2 Å². The monoisotopic (exact) mass is 473 g/mol. The fourth-order valence-corrected chi connectivity index (χ4v) is 3.68. The second-order valence-electron chi connectivity index (χ2n) is 7.78. The molecule has 0 spiro atoms. The number of nitrogens with zero attached hydrogens (tertiary/aromatic N) is 4. The van der Waals surface area contributed by atoms with Gasteiger partial charge in [-0.2, -0.15) is 0 Å². The average molecular weight is 474 g/mol. The Morgan fingerprint density at radius 1 is 0.943 bits per heavy atom. The van der Waals surface area contributed by atoms with Crippen LogP contribution < -0.4 is 16.0 Å². The summed E-state index contributed by atoms with van der Waals surface area (Å²) in [6.07, 6.45) is 7.36. The maximum Gasteiger partial charge on any atom is 0.251 e. The summed E-state index contributed by atoms with van der Waals surface area (Å²) in [6.45, 7) is 8.24. The van der Waals surface area contributed by atoms with Gasteiger partial charge in [-0.1, -0.05) is 13.8 Å². The lowest BCUT2D eigenvalue weighted by Gasteiger charge is -2.10. The highest BCUT2D eigenvalue weighted by atomic mass is 16.2. The van der Waals surface area contributed by atoms with E-state index in [-0.39, 0.29) is 17.9 Å². The van der Waals surface area contributed by atoms with Crippen molar-refractivity contribution in [3.05, 3.63) is 66.2 Å². The molecule has 1 aromatic carbocycles. The largest absolute Gasteiger partial charge is 0.355 e. The number of hydrogen-bond donors (Lipinski definition) is 3. The fourth-order valence-electron chi connectivity index (χ4n) is 3.68. The molecule has 0 aliphatic heterocycles. The van der Waals surface area contributed by atoms with E-state index in [1.54, 1.807) is 24.5 Å². The molecule has 9 heteroatoms. The van der Waals surface area contributed by atoms with Crippen molar-refractivity contribution in [1.29, 1.82) is 0 Å². The zero-order valence-electron chi connectivity index (χ0n) is 20.9. The molecular weight excluding hydrogens is 442 g/mol. The van der Waals surface area contributed by atoms with Crippen LogP contribution in [-0.4, -0.2) is 45.4 Å². The van der Waals surface area contributed by atoms with Gasteiger partial charge in [-0.15, -0.1) is 0 Å². The number of carbonyl (C=O) groups is 2. The predicted octanol–water partition coefficient (Wildman–Crippen LogP) is 4.56. The molecule has 0 unspecified atom stereocenters. The molecule has 3 aromatic heterocycles. The van der Waals surface area contributed by atoms with E-state index in [4.69, 9.17) is 4.98 Å². The van der Waals surface area contributed by atoms with Crippen LogP contribution in [-0.2, 0) is 0 Å². The molecule has 4 aromatic rings. The van der Waals surface area contributed by atoms with Crippen molar-refractivity contribution in [1.82, 2.24) is 30.2 Å². The van der Waals surface area contributed by atoms with Gasteiger partial charge in [-0.05, 0) is 44.2 Å². The highest BCUT2D eigenvalue weighted by Crippen LogP contribution is 2.31. The minimum Gasteiger partial charge on any atom is -0.355 e. The third-order valence-corrected chi connectivity index (χ3v) is 5.29. The number of carbonyl (C=O) groups excluding carboxylic acids is 2. The molecule has 0 aliphatic rings. The zero-order valence-corrected chi connectivity index (χ0v) is 20.9. The summed E-state index contributed by atoms with van der Waals surface area (Å²) >= 11 is 0. The Balaban J connectivity index is 0.00000167. The Bertz CT molecular complexity index is 1310. The molecule has 2 amide bonds. The lowest BCUT2D eigenvalue weighted by molar-refractivity contribution is 0.0962. The second kappa shape index (κ2) is 11.2. The third-order valence-electron chi connectivity index (χ3n) is 5.29. The Kier molecular flexibility index (Phi) is 8.14. The molecule has 9 nitrogen and oxygen atoms in total. The smallest absolute Gasteiger partial charge is 0.251 e. The highest BCUT2D eigenvalue weighted by molar-refractivity contribution is 6.01. The summed E-state index contributed by atoms with van der Waals surface area (Å²) in [4.78, 5) is 37.7. The quantitative estimate of drug-likeness (QED) is 0.378. The average Bonchev–Trinajstić information content (AvgIpc) is 3.29. The van der Waals surface area contributed by atoms with Crippen molar-refractivity contribution in [3.63, 3.8) is 0 Å². The molecule has 0 atom stereocenters. The maximum absolute atomic E-state index is 12.2. The van der Waals surface area contributed by atoms with Crippen LogP contribution in [0.1, 0.15) is 54.5 Å². The minimum absolute atomic E-state index is 0.264. The first-order valence-electron chi connectivity index (χ1n) is 11.6. The molecule has 0 radical (unpaired) electrons. The van der Waals surface area contributed by atoms with Crippen LogP contribution in [0.5, 0.6) is 0 Å². The third kappa shape index (κ3) is 5.46. The number of rotatable bonds is 6. The molecule has 182 valence electrons. The first-order valence-corrected chi connectivity index (χ1v) is 11.6. The van der Waals surface area contributed by atoms with Gasteiger partial charge >= 0.3 is 0 Å². The summed E-state index contributed by atoms with van der Waals surface area (Å²) in [5, 5.41) is 9.33. The summed E-state index contributed by atoms with van der Waals surface area (Å²) in [5.74, 6) is -0.244. The van der Waals surface area contributed by atoms with Crippen molar-refractivity contribution in [3.8, 4) is 11.3 Å². The van der Waals surface area contributed by atoms with Crippen LogP contribution in [0.15, 0.2) is 55.1 Å². The highest BCUT2D eigenvalue weighted by Gasteiger charge is 2.15. The molecule has 3 heterocycles. The number of nitrogens with one attached hydrogen (secondary N) is 3. The van der Waals surface area contributed by atoms with E-state index < -0.39 is 0 Å². The topological polar surface area (TPSA) is 114 Å². The van der Waals surface area contributed by atoms with E-state index in [2.05, 4.69) is 50.5 Å². The zero-order chi connectivity index (χ0) is 25.5. The van der Waals surface area contributed by atoms with Crippen LogP contribution in [0.3, 0.4) is 0 Å². The number of pyridine rings is 1. The fraction of sp³-hybridized carbons (Fsp3) is 0.269. The molecule has 4 rings (SSSR count). The van der Waals surface area contributed by atoms with E-state index in [1.165, 1.54) is 20.2 Å². The van der Waals surface area contributed by atoms with Crippen molar-refractivity contribution < 1.29 is 9.59 Å². The maximum atomic E-state index is 12.2. The van der Waals surface area contributed by atoms with Crippen LogP contribution in [0.2, 0.25) is 0 Å². The van der Waals surface area contributed by atoms with Crippen LogP contribution in [0, 0.1) is 0 Å². The summed E-state index contributed by atoms with van der Waals surface area (Å²) in [7, 11) is 3.08. The first-order chi connectivity index (χ1) is 16.9. The molecule has 35 heavy (non-hydrogen) atoms. The number of fused-ring (bicyclic) bond motifs is 1. The van der Waals surface area contributed by atoms with Gasteiger partial charge in [0, 0.05) is 66.5 Å². The molecule has 0 saturated carbocycles. The van der Waals surface area contributed by atoms with Gasteiger partial charge in [0.15, 0.2) is 0 Å². The standard InChI is InChI=1S/C24H25N7O2.C2H6/c1-14(2)31-13-19(18-5-7-27-12-21(18)31)20-6-8-28-24(30-20)29-17-10-15(22(32)25-3)9-16(11-17)23(33)26-4;1-2/h5-14H,1-4H3,(H,25,32)(H,26,33)(H,28,29,30);1-2H3. The van der Waals surface area contributed by atoms with Gasteiger partial charge in [0.1, 0.15) is 0 Å². The molecule has 0 fully saturated rings. The van der Waals surface area contributed by atoms with Crippen molar-refractivity contribution in [2.45, 2.75) is 33.7 Å².